The molecule has 0 saturated carbocycles. The third-order valence-electron chi connectivity index (χ3n) is 6.19. The monoisotopic (exact) mass is 550 g/mol. The van der Waals surface area contributed by atoms with Gasteiger partial charge in [0.25, 0.3) is 0 Å². The molecule has 0 aliphatic carbocycles. The molecule has 0 bridgehead atoms. The number of aliphatic imine (C=N–C) groups is 1. The Bertz CT molecular complexity index is 804. The van der Waals surface area contributed by atoms with Gasteiger partial charge in [0, 0.05) is 38.1 Å². The number of benzene rings is 2. The zero-order valence-corrected chi connectivity index (χ0v) is 22.0. The molecule has 0 spiro atoms. The molecule has 0 amide bonds. The van der Waals surface area contributed by atoms with Crippen LogP contribution in [-0.4, -0.2) is 47.7 Å². The fourth-order valence-corrected chi connectivity index (χ4v) is 3.96. The number of halogens is 1. The average molecular weight is 551 g/mol. The minimum Gasteiger partial charge on any atom is -0.393 e. The number of piperidine rings is 1. The van der Waals surface area contributed by atoms with E-state index >= 15 is 0 Å². The van der Waals surface area contributed by atoms with Crippen LogP contribution in [0.25, 0.3) is 0 Å². The van der Waals surface area contributed by atoms with Gasteiger partial charge in [-0.15, -0.1) is 24.0 Å². The number of nitrogens with zero attached hydrogens (tertiary/aromatic N) is 2. The first-order chi connectivity index (χ1) is 15.0. The second-order valence-corrected chi connectivity index (χ2v) is 8.65. The van der Waals surface area contributed by atoms with Gasteiger partial charge in [-0.25, -0.2) is 4.99 Å². The lowest BCUT2D eigenvalue weighted by atomic mass is 9.94. The number of hydrogen-bond donors (Lipinski definition) is 3. The summed E-state index contributed by atoms with van der Waals surface area (Å²) in [6.07, 6.45) is 1.65. The Morgan fingerprint density at radius 1 is 1.03 bits per heavy atom. The van der Waals surface area contributed by atoms with Gasteiger partial charge in [0.2, 0.25) is 0 Å². The summed E-state index contributed by atoms with van der Waals surface area (Å²) < 4.78 is 0. The Labute approximate surface area is 210 Å². The molecule has 1 fully saturated rings. The van der Waals surface area contributed by atoms with Crippen molar-refractivity contribution < 1.29 is 5.11 Å². The summed E-state index contributed by atoms with van der Waals surface area (Å²) in [6, 6.07) is 19.6. The van der Waals surface area contributed by atoms with Crippen LogP contribution in [0.5, 0.6) is 0 Å². The van der Waals surface area contributed by atoms with Crippen LogP contribution in [0.15, 0.2) is 59.6 Å². The Hall–Kier alpha value is -1.64. The smallest absolute Gasteiger partial charge is 0.191 e. The molecule has 0 aromatic heterocycles. The molecule has 5 nitrogen and oxygen atoms in total. The molecule has 3 N–H and O–H groups in total. The largest absolute Gasteiger partial charge is 0.393 e. The molecule has 2 aromatic carbocycles. The highest BCUT2D eigenvalue weighted by Crippen LogP contribution is 2.18. The van der Waals surface area contributed by atoms with Crippen molar-refractivity contribution >= 4 is 29.9 Å². The van der Waals surface area contributed by atoms with Crippen molar-refractivity contribution in [2.75, 3.05) is 19.6 Å². The number of rotatable bonds is 8. The third-order valence-corrected chi connectivity index (χ3v) is 6.19. The predicted octanol–water partition coefficient (Wildman–Crippen LogP) is 4.51. The van der Waals surface area contributed by atoms with E-state index in [2.05, 4.69) is 90.9 Å². The van der Waals surface area contributed by atoms with Crippen LogP contribution in [0.3, 0.4) is 0 Å². The minimum atomic E-state index is -0.116. The van der Waals surface area contributed by atoms with Gasteiger partial charge in [0.1, 0.15) is 0 Å². The maximum Gasteiger partial charge on any atom is 0.191 e. The lowest BCUT2D eigenvalue weighted by Gasteiger charge is -2.29. The van der Waals surface area contributed by atoms with Crippen molar-refractivity contribution in [2.45, 2.75) is 64.8 Å². The normalized spacial score (nSPS) is 17.3. The molecule has 6 heteroatoms. The summed E-state index contributed by atoms with van der Waals surface area (Å²) in [6.45, 7) is 10.9. The zero-order chi connectivity index (χ0) is 22.1. The number of nitrogens with one attached hydrogen (secondary N) is 2. The Balaban J connectivity index is 0.00000363. The van der Waals surface area contributed by atoms with Crippen LogP contribution >= 0.6 is 24.0 Å². The van der Waals surface area contributed by atoms with Gasteiger partial charge in [0.15, 0.2) is 5.96 Å². The van der Waals surface area contributed by atoms with E-state index in [0.29, 0.717) is 12.5 Å². The first-order valence-corrected chi connectivity index (χ1v) is 11.6. The molecule has 1 heterocycles. The van der Waals surface area contributed by atoms with E-state index in [-0.39, 0.29) is 36.1 Å². The predicted molar refractivity (Wildman–Crippen MR) is 145 cm³/mol. The van der Waals surface area contributed by atoms with E-state index in [4.69, 9.17) is 4.99 Å². The molecular formula is C26H39IN4O. The fourth-order valence-electron chi connectivity index (χ4n) is 3.96. The van der Waals surface area contributed by atoms with E-state index < -0.39 is 0 Å². The van der Waals surface area contributed by atoms with Gasteiger partial charge in [-0.05, 0) is 43.4 Å². The summed E-state index contributed by atoms with van der Waals surface area (Å²) in [5, 5.41) is 16.6. The second-order valence-electron chi connectivity index (χ2n) is 8.65. The van der Waals surface area contributed by atoms with Crippen molar-refractivity contribution in [3.63, 3.8) is 0 Å². The Morgan fingerprint density at radius 3 is 2.28 bits per heavy atom. The van der Waals surface area contributed by atoms with E-state index in [1.807, 2.05) is 0 Å². The van der Waals surface area contributed by atoms with E-state index in [1.54, 1.807) is 0 Å². The van der Waals surface area contributed by atoms with Gasteiger partial charge < -0.3 is 15.7 Å². The van der Waals surface area contributed by atoms with Crippen molar-refractivity contribution in [1.82, 2.24) is 15.5 Å². The van der Waals surface area contributed by atoms with E-state index in [1.165, 1.54) is 16.7 Å². The topological polar surface area (TPSA) is 59.9 Å². The number of aliphatic hydroxyl groups is 1. The third kappa shape index (κ3) is 8.37. The minimum absolute atomic E-state index is 0. The van der Waals surface area contributed by atoms with Crippen molar-refractivity contribution in [3.05, 3.63) is 71.3 Å². The van der Waals surface area contributed by atoms with E-state index in [0.717, 1.165) is 45.0 Å². The Kier molecular flexibility index (Phi) is 11.5. The van der Waals surface area contributed by atoms with Crippen LogP contribution < -0.4 is 10.6 Å². The molecule has 1 aliphatic rings. The lowest BCUT2D eigenvalue weighted by Crippen LogP contribution is -2.44. The molecule has 1 saturated heterocycles. The molecule has 1 aliphatic heterocycles. The van der Waals surface area contributed by atoms with Gasteiger partial charge in [0.05, 0.1) is 12.6 Å². The maximum atomic E-state index is 9.66. The van der Waals surface area contributed by atoms with Crippen LogP contribution in [0.1, 0.15) is 56.2 Å². The van der Waals surface area contributed by atoms with Crippen LogP contribution in [0, 0.1) is 0 Å². The van der Waals surface area contributed by atoms with E-state index in [9.17, 15) is 5.11 Å². The van der Waals surface area contributed by atoms with Crippen LogP contribution in [-0.2, 0) is 13.1 Å². The highest BCUT2D eigenvalue weighted by Gasteiger charge is 2.17. The van der Waals surface area contributed by atoms with Gasteiger partial charge >= 0.3 is 0 Å². The number of guanidine groups is 1. The summed E-state index contributed by atoms with van der Waals surface area (Å²) in [7, 11) is 0. The zero-order valence-electron chi connectivity index (χ0n) is 19.6. The molecule has 0 radical (unpaired) electrons. The molecule has 2 aromatic rings. The van der Waals surface area contributed by atoms with Crippen LogP contribution in [0.2, 0.25) is 0 Å². The molecule has 2 unspecified atom stereocenters. The summed E-state index contributed by atoms with van der Waals surface area (Å²) in [5.41, 5.74) is 3.86. The number of hydrogen-bond acceptors (Lipinski definition) is 3. The molecule has 176 valence electrons. The van der Waals surface area contributed by atoms with Crippen molar-refractivity contribution in [1.29, 1.82) is 0 Å². The maximum absolute atomic E-state index is 9.66. The first kappa shape index (κ1) is 26.6. The SMILES string of the molecule is CCNC(=NCc1ccc(CN2CCC(O)CC2)cc1)NC(C)C(C)c1ccccc1.I. The first-order valence-electron chi connectivity index (χ1n) is 11.6. The van der Waals surface area contributed by atoms with Gasteiger partial charge in [-0.3, -0.25) is 4.90 Å². The summed E-state index contributed by atoms with van der Waals surface area (Å²) in [4.78, 5) is 7.23. The van der Waals surface area contributed by atoms with Gasteiger partial charge in [-0.2, -0.15) is 0 Å². The second kappa shape index (κ2) is 13.8. The molecule has 2 atom stereocenters. The van der Waals surface area contributed by atoms with Crippen LogP contribution in [0.4, 0.5) is 0 Å². The highest BCUT2D eigenvalue weighted by molar-refractivity contribution is 14.0. The lowest BCUT2D eigenvalue weighted by molar-refractivity contribution is 0.0792. The van der Waals surface area contributed by atoms with Crippen molar-refractivity contribution in [2.24, 2.45) is 4.99 Å². The highest BCUT2D eigenvalue weighted by atomic mass is 127. The molecule has 32 heavy (non-hydrogen) atoms. The number of likely N-dealkylation sites (tertiary alicyclic amines) is 1. The fraction of sp³-hybridized carbons (Fsp3) is 0.500. The number of aliphatic hydroxyl groups excluding tert-OH is 1. The quantitative estimate of drug-likeness (QED) is 0.257. The standard InChI is InChI=1S/C26H38N4O.HI/c1-4-27-26(29-21(3)20(2)24-8-6-5-7-9-24)28-18-22-10-12-23(13-11-22)19-30-16-14-25(31)15-17-30;/h5-13,20-21,25,31H,4,14-19H2,1-3H3,(H2,27,28,29);1H. The Morgan fingerprint density at radius 2 is 1.66 bits per heavy atom. The van der Waals surface area contributed by atoms with Crippen molar-refractivity contribution in [3.8, 4) is 0 Å². The van der Waals surface area contributed by atoms with Gasteiger partial charge in [-0.1, -0.05) is 61.5 Å². The molecule has 3 rings (SSSR count). The average Bonchev–Trinajstić information content (AvgIpc) is 2.80. The molecular weight excluding hydrogens is 511 g/mol. The summed E-state index contributed by atoms with van der Waals surface area (Å²) in [5.74, 6) is 1.24. The summed E-state index contributed by atoms with van der Waals surface area (Å²) >= 11 is 0.